The van der Waals surface area contributed by atoms with Crippen LogP contribution in [0.15, 0.2) is 24.3 Å². The molecule has 1 atom stereocenters. The number of aromatic nitrogens is 2. The second-order valence-electron chi connectivity index (χ2n) is 7.19. The number of likely N-dealkylation sites (tertiary alicyclic amines) is 1. The molecule has 8 nitrogen and oxygen atoms in total. The first kappa shape index (κ1) is 17.0. The van der Waals surface area contributed by atoms with Crippen molar-refractivity contribution in [2.45, 2.75) is 11.6 Å². The second kappa shape index (κ2) is 6.07. The predicted molar refractivity (Wildman–Crippen MR) is 95.8 cm³/mol. The Balaban J connectivity index is 1.46. The van der Waals surface area contributed by atoms with Crippen molar-refractivity contribution >= 4 is 22.7 Å². The number of nitrogens with one attached hydrogen (secondary N) is 1. The quantitative estimate of drug-likeness (QED) is 0.808. The van der Waals surface area contributed by atoms with Crippen LogP contribution in [0.2, 0.25) is 0 Å². The fraction of sp³-hybridized carbons (Fsp3) is 0.500. The summed E-state index contributed by atoms with van der Waals surface area (Å²) in [4.78, 5) is 28.5. The van der Waals surface area contributed by atoms with Crippen molar-refractivity contribution in [3.63, 3.8) is 0 Å². The van der Waals surface area contributed by atoms with Crippen molar-refractivity contribution < 1.29 is 14.3 Å². The van der Waals surface area contributed by atoms with E-state index in [0.717, 1.165) is 10.9 Å². The van der Waals surface area contributed by atoms with Gasteiger partial charge in [0.2, 0.25) is 5.91 Å². The highest BCUT2D eigenvalue weighted by Gasteiger charge is 2.51. The average molecular weight is 357 g/mol. The summed E-state index contributed by atoms with van der Waals surface area (Å²) >= 11 is 0. The molecular formula is C18H23N5O3. The van der Waals surface area contributed by atoms with Gasteiger partial charge in [-0.05, 0) is 13.1 Å². The standard InChI is InChI=1S/C18H23N5O3/c1-19-16(24)14-8-26-18(9-21(14)2)10-23(11-18)17(25)15-12-6-4-5-7-13(12)22(3)20-15/h4-7,14H,8-11H2,1-3H3,(H,19,24). The van der Waals surface area contributed by atoms with Gasteiger partial charge in [-0.1, -0.05) is 18.2 Å². The van der Waals surface area contributed by atoms with Gasteiger partial charge in [-0.3, -0.25) is 19.2 Å². The van der Waals surface area contributed by atoms with Gasteiger partial charge < -0.3 is 15.0 Å². The Bertz CT molecular complexity index is 871. The van der Waals surface area contributed by atoms with Gasteiger partial charge in [-0.25, -0.2) is 0 Å². The molecule has 3 heterocycles. The molecule has 1 unspecified atom stereocenters. The highest BCUT2D eigenvalue weighted by atomic mass is 16.5. The van der Waals surface area contributed by atoms with E-state index in [9.17, 15) is 9.59 Å². The van der Waals surface area contributed by atoms with Crippen molar-refractivity contribution in [2.75, 3.05) is 40.3 Å². The maximum atomic E-state index is 12.9. The summed E-state index contributed by atoms with van der Waals surface area (Å²) in [5.41, 5.74) is 1.03. The van der Waals surface area contributed by atoms with Crippen LogP contribution in [0.4, 0.5) is 0 Å². The maximum absolute atomic E-state index is 12.9. The molecule has 0 radical (unpaired) electrons. The number of morpholine rings is 1. The van der Waals surface area contributed by atoms with Crippen LogP contribution in [-0.4, -0.2) is 83.4 Å². The normalized spacial score (nSPS) is 22.4. The molecule has 2 saturated heterocycles. The second-order valence-corrected chi connectivity index (χ2v) is 7.19. The third-order valence-corrected chi connectivity index (χ3v) is 5.37. The molecule has 2 aromatic rings. The molecule has 2 aliphatic rings. The Kier molecular flexibility index (Phi) is 3.96. The van der Waals surface area contributed by atoms with E-state index in [0.29, 0.717) is 31.9 Å². The number of aryl methyl sites for hydroxylation is 1. The summed E-state index contributed by atoms with van der Waals surface area (Å²) < 4.78 is 7.73. The summed E-state index contributed by atoms with van der Waals surface area (Å²) in [5, 5.41) is 7.93. The lowest BCUT2D eigenvalue weighted by atomic mass is 9.90. The molecule has 26 heavy (non-hydrogen) atoms. The molecule has 0 aliphatic carbocycles. The molecule has 138 valence electrons. The molecule has 2 amide bonds. The number of rotatable bonds is 2. The Morgan fingerprint density at radius 2 is 1.96 bits per heavy atom. The first-order valence-electron chi connectivity index (χ1n) is 8.71. The summed E-state index contributed by atoms with van der Waals surface area (Å²) in [7, 11) is 5.39. The summed E-state index contributed by atoms with van der Waals surface area (Å²) in [6, 6.07) is 7.44. The molecule has 1 spiro atoms. The third kappa shape index (κ3) is 2.57. The highest BCUT2D eigenvalue weighted by Crippen LogP contribution is 2.32. The lowest BCUT2D eigenvalue weighted by Gasteiger charge is -2.54. The van der Waals surface area contributed by atoms with Gasteiger partial charge in [0.05, 0.1) is 25.2 Å². The summed E-state index contributed by atoms with van der Waals surface area (Å²) in [5.74, 6) is -0.123. The monoisotopic (exact) mass is 357 g/mol. The van der Waals surface area contributed by atoms with Gasteiger partial charge in [0.25, 0.3) is 5.91 Å². The van der Waals surface area contributed by atoms with Crippen molar-refractivity contribution in [2.24, 2.45) is 7.05 Å². The highest BCUT2D eigenvalue weighted by molar-refractivity contribution is 6.05. The minimum absolute atomic E-state index is 0.0467. The van der Waals surface area contributed by atoms with E-state index in [1.54, 1.807) is 16.6 Å². The van der Waals surface area contributed by atoms with Crippen LogP contribution in [0.5, 0.6) is 0 Å². The minimum Gasteiger partial charge on any atom is -0.368 e. The van der Waals surface area contributed by atoms with Gasteiger partial charge in [-0.2, -0.15) is 5.10 Å². The summed E-state index contributed by atoms with van der Waals surface area (Å²) in [6.45, 7) is 1.99. The topological polar surface area (TPSA) is 79.7 Å². The number of likely N-dealkylation sites (N-methyl/N-ethyl adjacent to an activating group) is 2. The van der Waals surface area contributed by atoms with E-state index in [2.05, 4.69) is 10.4 Å². The SMILES string of the molecule is CNC(=O)C1COC2(CN(C(=O)c3nn(C)c4ccccc34)C2)CN1C. The van der Waals surface area contributed by atoms with E-state index in [1.165, 1.54) is 0 Å². The molecule has 1 aromatic carbocycles. The van der Waals surface area contributed by atoms with Crippen LogP contribution < -0.4 is 5.32 Å². The molecule has 0 bridgehead atoms. The molecule has 1 aromatic heterocycles. The van der Waals surface area contributed by atoms with E-state index in [4.69, 9.17) is 4.74 Å². The fourth-order valence-electron chi connectivity index (χ4n) is 3.94. The number of nitrogens with zero attached hydrogens (tertiary/aromatic N) is 4. The number of benzene rings is 1. The molecule has 1 N–H and O–H groups in total. The third-order valence-electron chi connectivity index (χ3n) is 5.37. The average Bonchev–Trinajstić information content (AvgIpc) is 2.95. The van der Waals surface area contributed by atoms with E-state index >= 15 is 0 Å². The number of hydrogen-bond acceptors (Lipinski definition) is 5. The molecule has 4 rings (SSSR count). The Morgan fingerprint density at radius 1 is 1.23 bits per heavy atom. The van der Waals surface area contributed by atoms with Crippen LogP contribution >= 0.6 is 0 Å². The molecule has 8 heteroatoms. The van der Waals surface area contributed by atoms with Crippen molar-refractivity contribution in [3.8, 4) is 0 Å². The number of para-hydroxylation sites is 1. The summed E-state index contributed by atoms with van der Waals surface area (Å²) in [6.07, 6.45) is 0. The van der Waals surface area contributed by atoms with Gasteiger partial charge in [-0.15, -0.1) is 0 Å². The molecular weight excluding hydrogens is 334 g/mol. The van der Waals surface area contributed by atoms with Crippen LogP contribution in [0, 0.1) is 0 Å². The van der Waals surface area contributed by atoms with E-state index in [1.807, 2.05) is 43.3 Å². The lowest BCUT2D eigenvalue weighted by Crippen LogP contribution is -2.73. The van der Waals surface area contributed by atoms with Crippen LogP contribution in [0.3, 0.4) is 0 Å². The van der Waals surface area contributed by atoms with Crippen molar-refractivity contribution in [3.05, 3.63) is 30.0 Å². The molecule has 2 aliphatic heterocycles. The van der Waals surface area contributed by atoms with Crippen molar-refractivity contribution in [1.82, 2.24) is 24.9 Å². The Hall–Kier alpha value is -2.45. The zero-order valence-electron chi connectivity index (χ0n) is 15.2. The van der Waals surface area contributed by atoms with Gasteiger partial charge >= 0.3 is 0 Å². The first-order valence-corrected chi connectivity index (χ1v) is 8.71. The number of carbonyl (C=O) groups is 2. The zero-order chi connectivity index (χ0) is 18.5. The predicted octanol–water partition coefficient (Wildman–Crippen LogP) is -0.155. The number of hydrogen-bond donors (Lipinski definition) is 1. The van der Waals surface area contributed by atoms with Crippen LogP contribution in [-0.2, 0) is 16.6 Å². The Morgan fingerprint density at radius 3 is 2.65 bits per heavy atom. The number of ether oxygens (including phenoxy) is 1. The smallest absolute Gasteiger partial charge is 0.275 e. The molecule has 2 fully saturated rings. The number of fused-ring (bicyclic) bond motifs is 1. The first-order chi connectivity index (χ1) is 12.4. The van der Waals surface area contributed by atoms with Gasteiger partial charge in [0, 0.05) is 26.0 Å². The van der Waals surface area contributed by atoms with Gasteiger partial charge in [0.15, 0.2) is 5.69 Å². The van der Waals surface area contributed by atoms with Gasteiger partial charge in [0.1, 0.15) is 11.6 Å². The minimum atomic E-state index is -0.389. The lowest BCUT2D eigenvalue weighted by molar-refractivity contribution is -0.187. The Labute approximate surface area is 151 Å². The molecule has 0 saturated carbocycles. The van der Waals surface area contributed by atoms with E-state index in [-0.39, 0.29) is 23.5 Å². The zero-order valence-corrected chi connectivity index (χ0v) is 15.2. The largest absolute Gasteiger partial charge is 0.368 e. The maximum Gasteiger partial charge on any atom is 0.275 e. The fourth-order valence-corrected chi connectivity index (χ4v) is 3.94. The van der Waals surface area contributed by atoms with Crippen LogP contribution in [0.25, 0.3) is 10.9 Å². The van der Waals surface area contributed by atoms with Crippen molar-refractivity contribution in [1.29, 1.82) is 0 Å². The van der Waals surface area contributed by atoms with Crippen LogP contribution in [0.1, 0.15) is 10.5 Å². The number of carbonyl (C=O) groups excluding carboxylic acids is 2. The number of amides is 2. The van der Waals surface area contributed by atoms with E-state index < -0.39 is 0 Å².